The number of rotatable bonds is 6. The van der Waals surface area contributed by atoms with Crippen molar-refractivity contribution in [2.45, 2.75) is 44.2 Å². The molecule has 27 heavy (non-hydrogen) atoms. The first-order valence-corrected chi connectivity index (χ1v) is 9.02. The van der Waals surface area contributed by atoms with Crippen LogP contribution in [-0.4, -0.2) is 34.4 Å². The second-order valence-electron chi connectivity index (χ2n) is 6.86. The number of primary amides is 1. The molecule has 1 fully saturated rings. The predicted molar refractivity (Wildman–Crippen MR) is 101 cm³/mol. The minimum absolute atomic E-state index is 0.292. The Morgan fingerprint density at radius 1 is 1.30 bits per heavy atom. The minimum atomic E-state index is -0.939. The molecule has 1 aliphatic rings. The van der Waals surface area contributed by atoms with Gasteiger partial charge in [0.15, 0.2) is 0 Å². The highest BCUT2D eigenvalue weighted by Gasteiger charge is 2.41. The highest BCUT2D eigenvalue weighted by molar-refractivity contribution is 5.90. The summed E-state index contributed by atoms with van der Waals surface area (Å²) >= 11 is 0. The van der Waals surface area contributed by atoms with Crippen molar-refractivity contribution in [3.8, 4) is 11.4 Å². The van der Waals surface area contributed by atoms with E-state index in [9.17, 15) is 9.59 Å². The van der Waals surface area contributed by atoms with Gasteiger partial charge in [-0.2, -0.15) is 5.10 Å². The lowest BCUT2D eigenvalue weighted by Crippen LogP contribution is -2.58. The first-order chi connectivity index (χ1) is 12.9. The van der Waals surface area contributed by atoms with Crippen LogP contribution < -0.4 is 21.1 Å². The molecule has 0 radical (unpaired) electrons. The average molecular weight is 371 g/mol. The van der Waals surface area contributed by atoms with Crippen LogP contribution in [0.15, 0.2) is 36.7 Å². The fourth-order valence-corrected chi connectivity index (χ4v) is 3.46. The van der Waals surface area contributed by atoms with Gasteiger partial charge in [0.2, 0.25) is 5.91 Å². The third kappa shape index (κ3) is 3.89. The molecule has 0 bridgehead atoms. The summed E-state index contributed by atoms with van der Waals surface area (Å²) in [6.45, 7) is 1.86. The van der Waals surface area contributed by atoms with Crippen LogP contribution in [0.3, 0.4) is 0 Å². The van der Waals surface area contributed by atoms with Crippen LogP contribution in [0.4, 0.5) is 4.79 Å². The predicted octanol–water partition coefficient (Wildman–Crippen LogP) is 2.04. The largest absolute Gasteiger partial charge is 0.494 e. The number of urea groups is 1. The zero-order valence-corrected chi connectivity index (χ0v) is 15.6. The average Bonchev–Trinajstić information content (AvgIpc) is 3.31. The lowest BCUT2D eigenvalue weighted by molar-refractivity contribution is -0.123. The molecule has 2 aromatic rings. The molecule has 1 heterocycles. The van der Waals surface area contributed by atoms with Crippen LogP contribution >= 0.6 is 0 Å². The third-order valence-electron chi connectivity index (χ3n) is 5.06. The Balaban J connectivity index is 1.68. The van der Waals surface area contributed by atoms with Crippen molar-refractivity contribution >= 4 is 11.9 Å². The maximum absolute atomic E-state index is 12.4. The molecule has 8 nitrogen and oxygen atoms in total. The molecule has 1 atom stereocenters. The number of benzene rings is 1. The number of amides is 3. The summed E-state index contributed by atoms with van der Waals surface area (Å²) in [6.07, 6.45) is 6.44. The van der Waals surface area contributed by atoms with Gasteiger partial charge in [0, 0.05) is 11.8 Å². The number of hydrogen-bond acceptors (Lipinski definition) is 4. The van der Waals surface area contributed by atoms with Crippen LogP contribution in [0.1, 0.15) is 44.2 Å². The highest BCUT2D eigenvalue weighted by atomic mass is 16.5. The zero-order valence-electron chi connectivity index (χ0n) is 15.6. The molecule has 1 aliphatic carbocycles. The Hall–Kier alpha value is -3.03. The topological polar surface area (TPSA) is 111 Å². The Bertz CT molecular complexity index is 826. The van der Waals surface area contributed by atoms with Crippen molar-refractivity contribution in [3.05, 3.63) is 42.2 Å². The maximum atomic E-state index is 12.4. The van der Waals surface area contributed by atoms with Crippen LogP contribution in [0, 0.1) is 0 Å². The van der Waals surface area contributed by atoms with E-state index < -0.39 is 17.5 Å². The van der Waals surface area contributed by atoms with E-state index >= 15 is 0 Å². The van der Waals surface area contributed by atoms with E-state index in [0.717, 1.165) is 24.1 Å². The van der Waals surface area contributed by atoms with Crippen LogP contribution in [0.5, 0.6) is 5.75 Å². The Kier molecular flexibility index (Phi) is 5.34. The summed E-state index contributed by atoms with van der Waals surface area (Å²) in [5.41, 5.74) is 6.21. The van der Waals surface area contributed by atoms with E-state index in [1.54, 1.807) is 18.0 Å². The molecule has 0 spiro atoms. The molecule has 0 saturated heterocycles. The van der Waals surface area contributed by atoms with Gasteiger partial charge in [0.05, 0.1) is 19.3 Å². The summed E-state index contributed by atoms with van der Waals surface area (Å²) in [5, 5.41) is 9.99. The summed E-state index contributed by atoms with van der Waals surface area (Å²) in [5.74, 6) is 0.224. The first kappa shape index (κ1) is 18.8. The van der Waals surface area contributed by atoms with E-state index in [-0.39, 0.29) is 6.04 Å². The van der Waals surface area contributed by atoms with Crippen molar-refractivity contribution in [1.29, 1.82) is 0 Å². The first-order valence-electron chi connectivity index (χ1n) is 9.02. The number of carbonyl (C=O) groups is 2. The number of nitrogens with zero attached hydrogens (tertiary/aromatic N) is 2. The van der Waals surface area contributed by atoms with Crippen molar-refractivity contribution in [2.24, 2.45) is 5.73 Å². The molecule has 8 heteroatoms. The third-order valence-corrected chi connectivity index (χ3v) is 5.06. The van der Waals surface area contributed by atoms with Gasteiger partial charge in [0.25, 0.3) is 0 Å². The molecular formula is C19H25N5O3. The number of methoxy groups -OCH3 is 1. The second-order valence-corrected chi connectivity index (χ2v) is 6.86. The van der Waals surface area contributed by atoms with E-state index in [4.69, 9.17) is 10.5 Å². The molecule has 1 aromatic carbocycles. The normalized spacial score (nSPS) is 16.5. The van der Waals surface area contributed by atoms with Gasteiger partial charge in [0.1, 0.15) is 17.0 Å². The fourth-order valence-electron chi connectivity index (χ4n) is 3.46. The maximum Gasteiger partial charge on any atom is 0.316 e. The van der Waals surface area contributed by atoms with Gasteiger partial charge in [-0.3, -0.25) is 4.79 Å². The van der Waals surface area contributed by atoms with Gasteiger partial charge >= 0.3 is 6.03 Å². The van der Waals surface area contributed by atoms with Gasteiger partial charge < -0.3 is 21.1 Å². The van der Waals surface area contributed by atoms with Crippen molar-refractivity contribution in [3.63, 3.8) is 0 Å². The lowest BCUT2D eigenvalue weighted by atomic mass is 9.97. The Morgan fingerprint density at radius 2 is 2.00 bits per heavy atom. The number of nitrogens with two attached hydrogens (primary N) is 1. The Labute approximate surface area is 158 Å². The molecule has 1 aromatic heterocycles. The summed E-state index contributed by atoms with van der Waals surface area (Å²) in [4.78, 5) is 24.2. The van der Waals surface area contributed by atoms with Crippen LogP contribution in [0.2, 0.25) is 0 Å². The summed E-state index contributed by atoms with van der Waals surface area (Å²) in [7, 11) is 1.61. The molecule has 3 rings (SSSR count). The molecule has 3 amide bonds. The van der Waals surface area contributed by atoms with Gasteiger partial charge in [-0.1, -0.05) is 25.0 Å². The number of nitrogens with one attached hydrogen (secondary N) is 2. The quantitative estimate of drug-likeness (QED) is 0.721. The smallest absolute Gasteiger partial charge is 0.316 e. The number of carbonyl (C=O) groups excluding carboxylic acids is 2. The van der Waals surface area contributed by atoms with Gasteiger partial charge in [-0.15, -0.1) is 0 Å². The van der Waals surface area contributed by atoms with Crippen LogP contribution in [0.25, 0.3) is 5.69 Å². The molecule has 144 valence electrons. The van der Waals surface area contributed by atoms with Crippen molar-refractivity contribution < 1.29 is 14.3 Å². The van der Waals surface area contributed by atoms with E-state index in [2.05, 4.69) is 15.7 Å². The summed E-state index contributed by atoms with van der Waals surface area (Å²) < 4.78 is 7.06. The SMILES string of the molecule is COc1ccccc1-n1cc([C@@H](C)NC(=O)NC2(C(N)=O)CCCC2)cn1. The number of para-hydroxylation sites is 2. The van der Waals surface area contributed by atoms with E-state index in [1.807, 2.05) is 37.4 Å². The van der Waals surface area contributed by atoms with Gasteiger partial charge in [-0.25, -0.2) is 9.48 Å². The van der Waals surface area contributed by atoms with Crippen LogP contribution in [-0.2, 0) is 4.79 Å². The monoisotopic (exact) mass is 371 g/mol. The number of aromatic nitrogens is 2. The van der Waals surface area contributed by atoms with E-state index in [1.165, 1.54) is 0 Å². The molecule has 0 unspecified atom stereocenters. The van der Waals surface area contributed by atoms with Gasteiger partial charge in [-0.05, 0) is 31.9 Å². The van der Waals surface area contributed by atoms with E-state index in [0.29, 0.717) is 18.6 Å². The Morgan fingerprint density at radius 3 is 2.67 bits per heavy atom. The van der Waals surface area contributed by atoms with Crippen molar-refractivity contribution in [2.75, 3.05) is 7.11 Å². The molecule has 1 saturated carbocycles. The highest BCUT2D eigenvalue weighted by Crippen LogP contribution is 2.29. The molecular weight excluding hydrogens is 346 g/mol. The fraction of sp³-hybridized carbons (Fsp3) is 0.421. The number of hydrogen-bond donors (Lipinski definition) is 3. The summed E-state index contributed by atoms with van der Waals surface area (Å²) in [6, 6.07) is 6.85. The standard InChI is InChI=1S/C19H25N5O3/c1-13(22-18(26)23-19(17(20)25)9-5-6-10-19)14-11-21-24(12-14)15-7-3-4-8-16(15)27-2/h3-4,7-8,11-13H,5-6,9-10H2,1-2H3,(H2,20,25)(H2,22,23,26)/t13-/m1/s1. The van der Waals surface area contributed by atoms with Crippen molar-refractivity contribution in [1.82, 2.24) is 20.4 Å². The second kappa shape index (κ2) is 7.69. The number of ether oxygens (including phenoxy) is 1. The lowest BCUT2D eigenvalue weighted by Gasteiger charge is -2.27. The molecule has 0 aliphatic heterocycles. The molecule has 4 N–H and O–H groups in total. The minimum Gasteiger partial charge on any atom is -0.494 e. The zero-order chi connectivity index (χ0) is 19.4.